The van der Waals surface area contributed by atoms with E-state index in [-0.39, 0.29) is 11.5 Å². The molecule has 4 rings (SSSR count). The summed E-state index contributed by atoms with van der Waals surface area (Å²) in [4.78, 5) is 34.0. The van der Waals surface area contributed by atoms with E-state index in [1.54, 1.807) is 28.5 Å². The van der Waals surface area contributed by atoms with Crippen molar-refractivity contribution in [2.75, 3.05) is 38.3 Å². The smallest absolute Gasteiger partial charge is 0.272 e. The second-order valence-electron chi connectivity index (χ2n) is 7.84. The van der Waals surface area contributed by atoms with Crippen LogP contribution in [0.4, 0.5) is 5.69 Å². The van der Waals surface area contributed by atoms with Gasteiger partial charge in [0, 0.05) is 44.5 Å². The highest BCUT2D eigenvalue weighted by Crippen LogP contribution is 2.23. The molecule has 1 aromatic heterocycles. The molecule has 162 valence electrons. The Kier molecular flexibility index (Phi) is 6.04. The van der Waals surface area contributed by atoms with Crippen LogP contribution in [0.15, 0.2) is 47.3 Å². The van der Waals surface area contributed by atoms with E-state index >= 15 is 0 Å². The molecule has 2 heterocycles. The summed E-state index contributed by atoms with van der Waals surface area (Å²) in [6, 6.07) is 13.6. The number of amides is 1. The fourth-order valence-electron chi connectivity index (χ4n) is 4.13. The maximum Gasteiger partial charge on any atom is 0.272 e. The molecule has 0 spiro atoms. The second kappa shape index (κ2) is 8.89. The van der Waals surface area contributed by atoms with E-state index in [0.717, 1.165) is 43.1 Å². The van der Waals surface area contributed by atoms with Crippen LogP contribution in [0.1, 0.15) is 28.5 Å². The molecule has 0 saturated carbocycles. The van der Waals surface area contributed by atoms with Gasteiger partial charge in [0.1, 0.15) is 5.69 Å². The number of hydrogen-bond acceptors (Lipinski definition) is 5. The normalized spacial score (nSPS) is 14.1. The summed E-state index contributed by atoms with van der Waals surface area (Å²) in [5.74, 6) is -0.0765. The number of ether oxygens (including phenoxy) is 1. The quantitative estimate of drug-likeness (QED) is 0.635. The van der Waals surface area contributed by atoms with Gasteiger partial charge in [-0.05, 0) is 43.7 Å². The van der Waals surface area contributed by atoms with E-state index in [1.807, 2.05) is 32.2 Å². The fourth-order valence-corrected chi connectivity index (χ4v) is 4.13. The van der Waals surface area contributed by atoms with Gasteiger partial charge in [0.15, 0.2) is 0 Å². The molecule has 0 radical (unpaired) electrons. The van der Waals surface area contributed by atoms with E-state index in [4.69, 9.17) is 4.74 Å². The van der Waals surface area contributed by atoms with Crippen molar-refractivity contribution < 1.29 is 9.53 Å². The lowest BCUT2D eigenvalue weighted by Gasteiger charge is -2.31. The zero-order valence-electron chi connectivity index (χ0n) is 18.3. The third kappa shape index (κ3) is 4.18. The van der Waals surface area contributed by atoms with Gasteiger partial charge in [0.05, 0.1) is 24.2 Å². The summed E-state index contributed by atoms with van der Waals surface area (Å²) in [5, 5.41) is 0. The predicted octanol–water partition coefficient (Wildman–Crippen LogP) is 2.83. The van der Waals surface area contributed by atoms with Gasteiger partial charge in [0.2, 0.25) is 0 Å². The Labute approximate surface area is 181 Å². The minimum absolute atomic E-state index is 0.0765. The van der Waals surface area contributed by atoms with Crippen LogP contribution in [0.2, 0.25) is 0 Å². The summed E-state index contributed by atoms with van der Waals surface area (Å²) in [6.07, 6.45) is 0. The van der Waals surface area contributed by atoms with Crippen molar-refractivity contribution in [2.24, 2.45) is 0 Å². The molecule has 2 aromatic carbocycles. The molecule has 31 heavy (non-hydrogen) atoms. The molecule has 0 atom stereocenters. The number of carbonyl (C=O) groups excluding carboxylic acids is 1. The van der Waals surface area contributed by atoms with Crippen LogP contribution >= 0.6 is 0 Å². The van der Waals surface area contributed by atoms with Crippen LogP contribution in [0, 0.1) is 6.92 Å². The lowest BCUT2D eigenvalue weighted by Crippen LogP contribution is -2.37. The van der Waals surface area contributed by atoms with Gasteiger partial charge >= 0.3 is 0 Å². The van der Waals surface area contributed by atoms with Crippen molar-refractivity contribution in [3.8, 4) is 0 Å². The number of carbonyl (C=O) groups is 1. The van der Waals surface area contributed by atoms with Crippen molar-refractivity contribution in [3.05, 3.63) is 69.6 Å². The monoisotopic (exact) mass is 420 g/mol. The summed E-state index contributed by atoms with van der Waals surface area (Å²) < 4.78 is 7.16. The van der Waals surface area contributed by atoms with Gasteiger partial charge < -0.3 is 19.1 Å². The molecule has 1 aliphatic rings. The van der Waals surface area contributed by atoms with Gasteiger partial charge in [0.25, 0.3) is 11.5 Å². The summed E-state index contributed by atoms with van der Waals surface area (Å²) in [7, 11) is 1.81. The first-order valence-electron chi connectivity index (χ1n) is 10.7. The van der Waals surface area contributed by atoms with Crippen LogP contribution in [0.5, 0.6) is 0 Å². The maximum absolute atomic E-state index is 13.2. The molecular weight excluding hydrogens is 392 g/mol. The zero-order chi connectivity index (χ0) is 22.0. The number of aryl methyl sites for hydroxylation is 2. The highest BCUT2D eigenvalue weighted by Gasteiger charge is 2.19. The molecule has 0 unspecified atom stereocenters. The number of fused-ring (bicyclic) bond motifs is 1. The van der Waals surface area contributed by atoms with Crippen molar-refractivity contribution in [1.82, 2.24) is 14.5 Å². The molecule has 1 fully saturated rings. The Balaban J connectivity index is 1.60. The number of nitrogens with zero attached hydrogens (tertiary/aromatic N) is 4. The first-order valence-corrected chi connectivity index (χ1v) is 10.7. The summed E-state index contributed by atoms with van der Waals surface area (Å²) in [5.41, 5.74) is 4.56. The lowest BCUT2D eigenvalue weighted by molar-refractivity contribution is 0.0785. The third-order valence-electron chi connectivity index (χ3n) is 5.77. The number of hydrogen-bond donors (Lipinski definition) is 0. The van der Waals surface area contributed by atoms with E-state index in [2.05, 4.69) is 22.0 Å². The average molecular weight is 421 g/mol. The minimum atomic E-state index is -0.0917. The van der Waals surface area contributed by atoms with E-state index in [1.165, 1.54) is 0 Å². The fraction of sp³-hybridized carbons (Fsp3) is 0.375. The van der Waals surface area contributed by atoms with Crippen LogP contribution < -0.4 is 10.5 Å². The van der Waals surface area contributed by atoms with E-state index in [9.17, 15) is 9.59 Å². The van der Waals surface area contributed by atoms with Crippen LogP contribution in [-0.4, -0.2) is 53.7 Å². The van der Waals surface area contributed by atoms with Gasteiger partial charge in [-0.1, -0.05) is 18.2 Å². The molecule has 0 N–H and O–H groups in total. The topological polar surface area (TPSA) is 67.7 Å². The number of morpholine rings is 1. The molecule has 0 aliphatic carbocycles. The third-order valence-corrected chi connectivity index (χ3v) is 5.77. The highest BCUT2D eigenvalue weighted by atomic mass is 16.5. The number of benzene rings is 2. The number of aromatic nitrogens is 2. The predicted molar refractivity (Wildman–Crippen MR) is 122 cm³/mol. The van der Waals surface area contributed by atoms with Crippen molar-refractivity contribution in [2.45, 2.75) is 26.9 Å². The molecule has 1 saturated heterocycles. The van der Waals surface area contributed by atoms with Crippen LogP contribution in [0.3, 0.4) is 0 Å². The highest BCUT2D eigenvalue weighted by molar-refractivity contribution is 5.97. The lowest BCUT2D eigenvalue weighted by atomic mass is 10.1. The zero-order valence-corrected chi connectivity index (χ0v) is 18.3. The maximum atomic E-state index is 13.2. The molecule has 3 aromatic rings. The van der Waals surface area contributed by atoms with E-state index in [0.29, 0.717) is 29.9 Å². The Morgan fingerprint density at radius 3 is 2.65 bits per heavy atom. The standard InChI is InChI=1S/C24H28N4O3/c1-4-28-22-10-9-18(15-20(22)25-17(2)23(28)29)24(30)26(3)16-19-7-5-6-8-21(19)27-11-13-31-14-12-27/h5-10,15H,4,11-14,16H2,1-3H3. The molecular formula is C24H28N4O3. The first-order chi connectivity index (χ1) is 15.0. The van der Waals surface area contributed by atoms with Crippen molar-refractivity contribution >= 4 is 22.6 Å². The Hall–Kier alpha value is -3.19. The molecule has 1 amide bonds. The average Bonchev–Trinajstić information content (AvgIpc) is 2.80. The van der Waals surface area contributed by atoms with Crippen LogP contribution in [-0.2, 0) is 17.8 Å². The number of anilines is 1. The molecule has 0 bridgehead atoms. The van der Waals surface area contributed by atoms with Gasteiger partial charge in [-0.2, -0.15) is 0 Å². The number of rotatable bonds is 5. The Morgan fingerprint density at radius 2 is 1.90 bits per heavy atom. The Morgan fingerprint density at radius 1 is 1.16 bits per heavy atom. The number of para-hydroxylation sites is 1. The van der Waals surface area contributed by atoms with Crippen molar-refractivity contribution in [3.63, 3.8) is 0 Å². The van der Waals surface area contributed by atoms with E-state index < -0.39 is 0 Å². The van der Waals surface area contributed by atoms with Crippen molar-refractivity contribution in [1.29, 1.82) is 0 Å². The first kappa shape index (κ1) is 21.1. The summed E-state index contributed by atoms with van der Waals surface area (Å²) in [6.45, 7) is 7.84. The van der Waals surface area contributed by atoms with Gasteiger partial charge in [-0.15, -0.1) is 0 Å². The molecule has 7 heteroatoms. The van der Waals surface area contributed by atoms with Crippen LogP contribution in [0.25, 0.3) is 11.0 Å². The molecule has 1 aliphatic heterocycles. The Bertz CT molecular complexity index is 1170. The summed E-state index contributed by atoms with van der Waals surface area (Å²) >= 11 is 0. The molecule has 7 nitrogen and oxygen atoms in total. The second-order valence-corrected chi connectivity index (χ2v) is 7.84. The largest absolute Gasteiger partial charge is 0.378 e. The minimum Gasteiger partial charge on any atom is -0.378 e. The SMILES string of the molecule is CCn1c(=O)c(C)nc2cc(C(=O)N(C)Cc3ccccc3N3CCOCC3)ccc21. The van der Waals surface area contributed by atoms with Gasteiger partial charge in [-0.25, -0.2) is 4.98 Å². The van der Waals surface area contributed by atoms with Gasteiger partial charge in [-0.3, -0.25) is 9.59 Å².